The number of hydrogen-bond acceptors (Lipinski definition) is 4. The Balaban J connectivity index is 1.83. The Morgan fingerprint density at radius 2 is 2.09 bits per heavy atom. The Hall–Kier alpha value is -0.730. The molecule has 0 amide bonds. The first-order valence-corrected chi connectivity index (χ1v) is 10.1. The fourth-order valence-corrected chi connectivity index (χ4v) is 5.87. The number of sulfonamides is 1. The third-order valence-electron chi connectivity index (χ3n) is 3.92. The summed E-state index contributed by atoms with van der Waals surface area (Å²) < 4.78 is 27.9. The minimum atomic E-state index is -3.67. The van der Waals surface area contributed by atoms with Crippen molar-refractivity contribution in [2.24, 2.45) is 0 Å². The zero-order valence-electron chi connectivity index (χ0n) is 11.8. The lowest BCUT2D eigenvalue weighted by Gasteiger charge is -2.32. The first-order valence-electron chi connectivity index (χ1n) is 6.96. The van der Waals surface area contributed by atoms with Gasteiger partial charge in [-0.2, -0.15) is 0 Å². The summed E-state index contributed by atoms with van der Waals surface area (Å²) in [6, 6.07) is 8.54. The fraction of sp³-hybridized carbons (Fsp3) is 0.333. The number of benzene rings is 1. The van der Waals surface area contributed by atoms with Gasteiger partial charge < -0.3 is 5.11 Å². The number of nitrogens with one attached hydrogen (secondary N) is 1. The second kappa shape index (κ2) is 6.05. The Bertz CT molecular complexity index is 788. The molecule has 2 aromatic rings. The van der Waals surface area contributed by atoms with Crippen molar-refractivity contribution in [2.75, 3.05) is 6.54 Å². The topological polar surface area (TPSA) is 66.4 Å². The lowest BCUT2D eigenvalue weighted by molar-refractivity contribution is 0.0252. The van der Waals surface area contributed by atoms with E-state index in [1.54, 1.807) is 29.5 Å². The molecule has 1 heterocycles. The van der Waals surface area contributed by atoms with Crippen LogP contribution in [-0.2, 0) is 22.0 Å². The highest BCUT2D eigenvalue weighted by molar-refractivity contribution is 9.10. The van der Waals surface area contributed by atoms with E-state index < -0.39 is 15.6 Å². The van der Waals surface area contributed by atoms with E-state index in [2.05, 4.69) is 20.7 Å². The van der Waals surface area contributed by atoms with Crippen LogP contribution in [0, 0.1) is 0 Å². The summed E-state index contributed by atoms with van der Waals surface area (Å²) in [6.45, 7) is -0.0135. The van der Waals surface area contributed by atoms with E-state index in [1.165, 1.54) is 6.07 Å². The van der Waals surface area contributed by atoms with Crippen LogP contribution in [0.2, 0.25) is 0 Å². The van der Waals surface area contributed by atoms with Crippen molar-refractivity contribution in [1.82, 2.24) is 4.72 Å². The molecule has 3 rings (SSSR count). The van der Waals surface area contributed by atoms with E-state index in [0.717, 1.165) is 23.3 Å². The van der Waals surface area contributed by atoms with Crippen LogP contribution in [0.15, 0.2) is 45.1 Å². The monoisotopic (exact) mass is 401 g/mol. The summed E-state index contributed by atoms with van der Waals surface area (Å²) in [5.74, 6) is 0. The van der Waals surface area contributed by atoms with Gasteiger partial charge >= 0.3 is 0 Å². The molecule has 22 heavy (non-hydrogen) atoms. The van der Waals surface area contributed by atoms with E-state index in [1.807, 2.05) is 11.4 Å². The maximum atomic E-state index is 12.4. The van der Waals surface area contributed by atoms with Gasteiger partial charge in [0.2, 0.25) is 10.0 Å². The number of thiophene rings is 1. The average molecular weight is 402 g/mol. The molecule has 0 spiro atoms. The summed E-state index contributed by atoms with van der Waals surface area (Å²) in [7, 11) is -3.67. The second-order valence-electron chi connectivity index (χ2n) is 5.40. The molecule has 1 aromatic carbocycles. The summed E-state index contributed by atoms with van der Waals surface area (Å²) >= 11 is 4.87. The molecular formula is C15H16BrNO3S2. The average Bonchev–Trinajstić information content (AvgIpc) is 2.96. The highest BCUT2D eigenvalue weighted by Crippen LogP contribution is 2.38. The minimum Gasteiger partial charge on any atom is -0.384 e. The molecular weight excluding hydrogens is 386 g/mol. The number of rotatable bonds is 4. The van der Waals surface area contributed by atoms with E-state index >= 15 is 0 Å². The Morgan fingerprint density at radius 1 is 1.32 bits per heavy atom. The van der Waals surface area contributed by atoms with E-state index in [4.69, 9.17) is 0 Å². The van der Waals surface area contributed by atoms with Crippen molar-refractivity contribution in [1.29, 1.82) is 0 Å². The van der Waals surface area contributed by atoms with E-state index in [-0.39, 0.29) is 11.4 Å². The lowest BCUT2D eigenvalue weighted by atomic mass is 9.83. The third kappa shape index (κ3) is 3.00. The zero-order valence-corrected chi connectivity index (χ0v) is 15.0. The van der Waals surface area contributed by atoms with Gasteiger partial charge in [0.15, 0.2) is 0 Å². The molecule has 1 aliphatic rings. The van der Waals surface area contributed by atoms with Gasteiger partial charge in [-0.05, 0) is 64.3 Å². The summed E-state index contributed by atoms with van der Waals surface area (Å²) in [5.41, 5.74) is -0.263. The van der Waals surface area contributed by atoms with Crippen LogP contribution in [-0.4, -0.2) is 20.1 Å². The molecule has 0 bridgehead atoms. The highest BCUT2D eigenvalue weighted by atomic mass is 79.9. The zero-order chi connectivity index (χ0) is 15.8. The van der Waals surface area contributed by atoms with Gasteiger partial charge in [-0.3, -0.25) is 0 Å². The van der Waals surface area contributed by atoms with Crippen molar-refractivity contribution in [3.05, 3.63) is 50.6 Å². The third-order valence-corrected chi connectivity index (χ3v) is 7.32. The maximum Gasteiger partial charge on any atom is 0.241 e. The fourth-order valence-electron chi connectivity index (χ4n) is 2.76. The van der Waals surface area contributed by atoms with Crippen molar-refractivity contribution < 1.29 is 13.5 Å². The van der Waals surface area contributed by atoms with Gasteiger partial charge in [0, 0.05) is 15.9 Å². The molecule has 4 nitrogen and oxygen atoms in total. The first kappa shape index (κ1) is 16.1. The van der Waals surface area contributed by atoms with Crippen LogP contribution in [0.4, 0.5) is 0 Å². The molecule has 0 saturated carbocycles. The highest BCUT2D eigenvalue weighted by Gasteiger charge is 2.36. The Labute approximate surface area is 142 Å². The van der Waals surface area contributed by atoms with Crippen molar-refractivity contribution in [2.45, 2.75) is 29.8 Å². The Kier molecular flexibility index (Phi) is 4.44. The first-order chi connectivity index (χ1) is 10.4. The van der Waals surface area contributed by atoms with E-state index in [9.17, 15) is 13.5 Å². The van der Waals surface area contributed by atoms with Crippen molar-refractivity contribution in [3.8, 4) is 0 Å². The summed E-state index contributed by atoms with van der Waals surface area (Å²) in [6.07, 6.45) is 2.38. The molecule has 2 N–H and O–H groups in total. The van der Waals surface area contributed by atoms with Gasteiger partial charge in [0.25, 0.3) is 0 Å². The van der Waals surface area contributed by atoms with Crippen LogP contribution in [0.25, 0.3) is 0 Å². The number of hydrogen-bond donors (Lipinski definition) is 2. The van der Waals surface area contributed by atoms with Gasteiger partial charge in [-0.15, -0.1) is 11.3 Å². The van der Waals surface area contributed by atoms with Crippen LogP contribution >= 0.6 is 27.3 Å². The van der Waals surface area contributed by atoms with Gasteiger partial charge in [-0.1, -0.05) is 12.1 Å². The largest absolute Gasteiger partial charge is 0.384 e. The van der Waals surface area contributed by atoms with Crippen LogP contribution in [0.3, 0.4) is 0 Å². The van der Waals surface area contributed by atoms with E-state index in [0.29, 0.717) is 10.9 Å². The number of aryl methyl sites for hydroxylation is 1. The predicted octanol–water partition coefficient (Wildman–Crippen LogP) is 3.01. The lowest BCUT2D eigenvalue weighted by Crippen LogP contribution is -2.42. The normalized spacial score (nSPS) is 21.5. The van der Waals surface area contributed by atoms with Crippen LogP contribution in [0.5, 0.6) is 0 Å². The standard InChI is InChI=1S/C15H16BrNO3S2/c16-12-4-1-2-6-14(12)22(19,20)17-10-15(18)8-3-5-13-11(15)7-9-21-13/h1-2,4,6-7,9,17-18H,3,5,8,10H2. The number of fused-ring (bicyclic) bond motifs is 1. The molecule has 1 unspecified atom stereocenters. The molecule has 0 fully saturated rings. The smallest absolute Gasteiger partial charge is 0.241 e. The molecule has 7 heteroatoms. The molecule has 0 aliphatic heterocycles. The molecule has 1 atom stereocenters. The van der Waals surface area contributed by atoms with Crippen LogP contribution in [0.1, 0.15) is 23.3 Å². The van der Waals surface area contributed by atoms with Gasteiger partial charge in [-0.25, -0.2) is 13.1 Å². The molecule has 1 aromatic heterocycles. The SMILES string of the molecule is O=S(=O)(NCC1(O)CCCc2sccc21)c1ccccc1Br. The maximum absolute atomic E-state index is 12.4. The number of aliphatic hydroxyl groups is 1. The Morgan fingerprint density at radius 3 is 2.86 bits per heavy atom. The quantitative estimate of drug-likeness (QED) is 0.827. The predicted molar refractivity (Wildman–Crippen MR) is 90.5 cm³/mol. The summed E-state index contributed by atoms with van der Waals surface area (Å²) in [5, 5.41) is 12.8. The van der Waals surface area contributed by atoms with Crippen LogP contribution < -0.4 is 4.72 Å². The van der Waals surface area contributed by atoms with Crippen molar-refractivity contribution in [3.63, 3.8) is 0 Å². The van der Waals surface area contributed by atoms with Crippen molar-refractivity contribution >= 4 is 37.3 Å². The molecule has 0 radical (unpaired) electrons. The molecule has 0 saturated heterocycles. The minimum absolute atomic E-state index is 0.0135. The molecule has 118 valence electrons. The van der Waals surface area contributed by atoms with Gasteiger partial charge in [0.05, 0.1) is 4.90 Å². The number of halogens is 1. The second-order valence-corrected chi connectivity index (χ2v) is 8.99. The summed E-state index contributed by atoms with van der Waals surface area (Å²) in [4.78, 5) is 1.33. The molecule has 1 aliphatic carbocycles. The van der Waals surface area contributed by atoms with Gasteiger partial charge in [0.1, 0.15) is 5.60 Å².